The van der Waals surface area contributed by atoms with Crippen LogP contribution in [0.3, 0.4) is 0 Å². The zero-order valence-corrected chi connectivity index (χ0v) is 13.5. The van der Waals surface area contributed by atoms with Crippen LogP contribution in [0.2, 0.25) is 0 Å². The van der Waals surface area contributed by atoms with E-state index in [1.54, 1.807) is 0 Å². The van der Waals surface area contributed by atoms with Gasteiger partial charge >= 0.3 is 0 Å². The van der Waals surface area contributed by atoms with E-state index in [1.807, 2.05) is 4.68 Å². The number of hydrogen-bond acceptors (Lipinski definition) is 3. The van der Waals surface area contributed by atoms with E-state index in [1.165, 1.54) is 32.4 Å². The summed E-state index contributed by atoms with van der Waals surface area (Å²) in [6.07, 6.45) is 6.88. The zero-order valence-electron chi connectivity index (χ0n) is 13.5. The Kier molecular flexibility index (Phi) is 4.86. The number of likely N-dealkylation sites (tertiary alicyclic amines) is 1. The van der Waals surface area contributed by atoms with Crippen LogP contribution in [-0.2, 0) is 6.42 Å². The lowest BCUT2D eigenvalue weighted by Gasteiger charge is -2.44. The molecule has 114 valence electrons. The van der Waals surface area contributed by atoms with Gasteiger partial charge in [-0.1, -0.05) is 6.42 Å². The van der Waals surface area contributed by atoms with Crippen LogP contribution in [0.15, 0.2) is 12.3 Å². The molecule has 0 aromatic carbocycles. The molecule has 0 amide bonds. The van der Waals surface area contributed by atoms with Crippen molar-refractivity contribution >= 4 is 0 Å². The summed E-state index contributed by atoms with van der Waals surface area (Å²) in [6.45, 7) is 11.2. The van der Waals surface area contributed by atoms with Gasteiger partial charge in [-0.2, -0.15) is 5.10 Å². The molecule has 0 saturated carbocycles. The highest BCUT2D eigenvalue weighted by molar-refractivity contribution is 5.06. The van der Waals surface area contributed by atoms with Gasteiger partial charge in [-0.05, 0) is 59.7 Å². The average Bonchev–Trinajstić information content (AvgIpc) is 2.88. The summed E-state index contributed by atoms with van der Waals surface area (Å²) in [5, 5.41) is 4.63. The molecule has 1 aromatic heterocycles. The van der Waals surface area contributed by atoms with Gasteiger partial charge in [-0.15, -0.1) is 0 Å². The fourth-order valence-electron chi connectivity index (χ4n) is 2.95. The van der Waals surface area contributed by atoms with Crippen molar-refractivity contribution in [2.45, 2.75) is 71.0 Å². The molecule has 0 bridgehead atoms. The summed E-state index contributed by atoms with van der Waals surface area (Å²) < 4.78 is 2.01. The lowest BCUT2D eigenvalue weighted by atomic mass is 9.88. The molecule has 1 atom stereocenters. The Morgan fingerprint density at radius 1 is 1.25 bits per heavy atom. The van der Waals surface area contributed by atoms with Crippen LogP contribution in [0.5, 0.6) is 0 Å². The Morgan fingerprint density at radius 3 is 2.45 bits per heavy atom. The van der Waals surface area contributed by atoms with Crippen LogP contribution in [0, 0.1) is 0 Å². The third-order valence-corrected chi connectivity index (χ3v) is 4.70. The Labute approximate surface area is 123 Å². The molecular formula is C16H30N4. The molecule has 0 aliphatic carbocycles. The van der Waals surface area contributed by atoms with Gasteiger partial charge in [0.1, 0.15) is 0 Å². The lowest BCUT2D eigenvalue weighted by Crippen LogP contribution is -2.58. The number of piperidine rings is 1. The molecule has 20 heavy (non-hydrogen) atoms. The minimum Gasteiger partial charge on any atom is -0.326 e. The Balaban J connectivity index is 1.99. The van der Waals surface area contributed by atoms with E-state index in [-0.39, 0.29) is 11.6 Å². The third kappa shape index (κ3) is 3.41. The first kappa shape index (κ1) is 15.5. The molecule has 1 fully saturated rings. The molecule has 4 nitrogen and oxygen atoms in total. The monoisotopic (exact) mass is 278 g/mol. The van der Waals surface area contributed by atoms with E-state index in [9.17, 15) is 0 Å². The van der Waals surface area contributed by atoms with Gasteiger partial charge in [0.25, 0.3) is 0 Å². The highest BCUT2D eigenvalue weighted by Gasteiger charge is 2.34. The first-order chi connectivity index (χ1) is 9.41. The fourth-order valence-corrected chi connectivity index (χ4v) is 2.95. The van der Waals surface area contributed by atoms with Crippen molar-refractivity contribution in [3.8, 4) is 0 Å². The van der Waals surface area contributed by atoms with E-state index in [0.717, 1.165) is 12.1 Å². The van der Waals surface area contributed by atoms with E-state index >= 15 is 0 Å². The van der Waals surface area contributed by atoms with Crippen molar-refractivity contribution in [2.24, 2.45) is 5.73 Å². The van der Waals surface area contributed by atoms with Gasteiger partial charge in [0.2, 0.25) is 0 Å². The van der Waals surface area contributed by atoms with E-state index in [2.05, 4.69) is 50.0 Å². The molecular weight excluding hydrogens is 248 g/mol. The van der Waals surface area contributed by atoms with Gasteiger partial charge in [0.15, 0.2) is 0 Å². The molecule has 0 spiro atoms. The normalized spacial score (nSPS) is 19.5. The minimum absolute atomic E-state index is 0.0437. The second kappa shape index (κ2) is 6.27. The molecule has 1 aliphatic rings. The van der Waals surface area contributed by atoms with Crippen LogP contribution in [0.1, 0.15) is 58.7 Å². The van der Waals surface area contributed by atoms with Gasteiger partial charge in [-0.3, -0.25) is 9.58 Å². The molecule has 1 unspecified atom stereocenters. The molecule has 1 aromatic rings. The van der Waals surface area contributed by atoms with Crippen molar-refractivity contribution in [1.82, 2.24) is 14.7 Å². The smallest absolute Gasteiger partial charge is 0.0640 e. The highest BCUT2D eigenvalue weighted by Crippen LogP contribution is 2.24. The zero-order chi connectivity index (χ0) is 14.8. The molecule has 0 radical (unpaired) electrons. The standard InChI is InChI=1S/C16H30N4/c1-13(2)20-11-8-14(18-20)12-15(17)16(3,4)19-9-6-5-7-10-19/h8,11,13,15H,5-7,9-10,12,17H2,1-4H3. The maximum atomic E-state index is 6.51. The number of nitrogens with two attached hydrogens (primary N) is 1. The van der Waals surface area contributed by atoms with Crippen molar-refractivity contribution in [2.75, 3.05) is 13.1 Å². The van der Waals surface area contributed by atoms with Crippen molar-refractivity contribution in [3.05, 3.63) is 18.0 Å². The third-order valence-electron chi connectivity index (χ3n) is 4.70. The number of nitrogens with zero attached hydrogens (tertiary/aromatic N) is 3. The Bertz CT molecular complexity index is 416. The lowest BCUT2D eigenvalue weighted by molar-refractivity contribution is 0.0728. The van der Waals surface area contributed by atoms with Crippen LogP contribution in [0.4, 0.5) is 0 Å². The van der Waals surface area contributed by atoms with Crippen molar-refractivity contribution in [1.29, 1.82) is 0 Å². The molecule has 4 heteroatoms. The van der Waals surface area contributed by atoms with E-state index in [0.29, 0.717) is 6.04 Å². The summed E-state index contributed by atoms with van der Waals surface area (Å²) in [5.74, 6) is 0. The topological polar surface area (TPSA) is 47.1 Å². The molecule has 2 heterocycles. The van der Waals surface area contributed by atoms with Gasteiger partial charge < -0.3 is 5.73 Å². The van der Waals surface area contributed by atoms with Crippen LogP contribution in [-0.4, -0.2) is 39.4 Å². The largest absolute Gasteiger partial charge is 0.326 e. The summed E-state index contributed by atoms with van der Waals surface area (Å²) >= 11 is 0. The molecule has 1 aliphatic heterocycles. The number of hydrogen-bond donors (Lipinski definition) is 1. The fraction of sp³-hybridized carbons (Fsp3) is 0.812. The van der Waals surface area contributed by atoms with Gasteiger partial charge in [0.05, 0.1) is 5.69 Å². The Hall–Kier alpha value is -0.870. The second-order valence-electron chi connectivity index (χ2n) is 6.89. The summed E-state index contributed by atoms with van der Waals surface area (Å²) in [7, 11) is 0. The SMILES string of the molecule is CC(C)n1ccc(CC(N)C(C)(C)N2CCCCC2)n1. The average molecular weight is 278 g/mol. The van der Waals surface area contributed by atoms with Crippen molar-refractivity contribution in [3.63, 3.8) is 0 Å². The summed E-state index contributed by atoms with van der Waals surface area (Å²) in [5.41, 5.74) is 7.66. The maximum Gasteiger partial charge on any atom is 0.0640 e. The maximum absolute atomic E-state index is 6.51. The summed E-state index contributed by atoms with van der Waals surface area (Å²) in [6, 6.07) is 2.64. The van der Waals surface area contributed by atoms with Gasteiger partial charge in [0, 0.05) is 30.2 Å². The predicted molar refractivity (Wildman–Crippen MR) is 83.8 cm³/mol. The Morgan fingerprint density at radius 2 is 1.90 bits per heavy atom. The van der Waals surface area contributed by atoms with Crippen LogP contribution < -0.4 is 5.73 Å². The quantitative estimate of drug-likeness (QED) is 0.900. The summed E-state index contributed by atoms with van der Waals surface area (Å²) in [4.78, 5) is 2.56. The first-order valence-corrected chi connectivity index (χ1v) is 7.96. The minimum atomic E-state index is 0.0437. The van der Waals surface area contributed by atoms with Crippen molar-refractivity contribution < 1.29 is 0 Å². The number of rotatable bonds is 5. The molecule has 2 rings (SSSR count). The first-order valence-electron chi connectivity index (χ1n) is 7.96. The van der Waals surface area contributed by atoms with E-state index in [4.69, 9.17) is 5.73 Å². The second-order valence-corrected chi connectivity index (χ2v) is 6.89. The molecule has 2 N–H and O–H groups in total. The predicted octanol–water partition coefficient (Wildman–Crippen LogP) is 2.60. The van der Waals surface area contributed by atoms with E-state index < -0.39 is 0 Å². The number of aromatic nitrogens is 2. The molecule has 1 saturated heterocycles. The van der Waals surface area contributed by atoms with Gasteiger partial charge in [-0.25, -0.2) is 0 Å². The van der Waals surface area contributed by atoms with Crippen LogP contribution >= 0.6 is 0 Å². The highest BCUT2D eigenvalue weighted by atomic mass is 15.3. The van der Waals surface area contributed by atoms with Crippen LogP contribution in [0.25, 0.3) is 0 Å².